The first-order chi connectivity index (χ1) is 18.3. The van der Waals surface area contributed by atoms with Gasteiger partial charge in [0, 0.05) is 29.1 Å². The van der Waals surface area contributed by atoms with Crippen molar-refractivity contribution in [3.8, 4) is 11.5 Å². The molecule has 1 aliphatic rings. The molecule has 1 atom stereocenters. The summed E-state index contributed by atoms with van der Waals surface area (Å²) >= 11 is 0. The van der Waals surface area contributed by atoms with Crippen molar-refractivity contribution in [2.75, 3.05) is 17.3 Å². The number of nitrogens with zero attached hydrogens (tertiary/aromatic N) is 2. The topological polar surface area (TPSA) is 93.9 Å². The van der Waals surface area contributed by atoms with Gasteiger partial charge in [0.2, 0.25) is 0 Å². The summed E-state index contributed by atoms with van der Waals surface area (Å²) < 4.78 is 11.5. The van der Waals surface area contributed by atoms with Gasteiger partial charge in [-0.25, -0.2) is 0 Å². The van der Waals surface area contributed by atoms with Gasteiger partial charge < -0.3 is 14.8 Å². The van der Waals surface area contributed by atoms with E-state index < -0.39 is 11.1 Å². The van der Waals surface area contributed by atoms with Crippen LogP contribution in [0.15, 0.2) is 84.9 Å². The maximum atomic E-state index is 13.8. The van der Waals surface area contributed by atoms with E-state index in [-0.39, 0.29) is 18.2 Å². The summed E-state index contributed by atoms with van der Waals surface area (Å²) in [5.74, 6) is 1.05. The summed E-state index contributed by atoms with van der Waals surface area (Å²) in [6.07, 6.45) is -0.470. The van der Waals surface area contributed by atoms with Crippen molar-refractivity contribution in [1.82, 2.24) is 0 Å². The molecule has 4 aromatic carbocycles. The molecule has 192 valence electrons. The van der Waals surface area contributed by atoms with E-state index in [2.05, 4.69) is 11.4 Å². The number of benzene rings is 4. The lowest BCUT2D eigenvalue weighted by molar-refractivity contribution is -0.384. The minimum Gasteiger partial charge on any atom is -0.496 e. The van der Waals surface area contributed by atoms with Crippen LogP contribution in [-0.2, 0) is 6.61 Å². The quantitative estimate of drug-likeness (QED) is 0.224. The van der Waals surface area contributed by atoms with Gasteiger partial charge in [-0.1, -0.05) is 24.3 Å². The number of nitrogens with one attached hydrogen (secondary N) is 1. The molecule has 4 aromatic rings. The van der Waals surface area contributed by atoms with Gasteiger partial charge in [0.15, 0.2) is 0 Å². The first-order valence-electron chi connectivity index (χ1n) is 12.2. The van der Waals surface area contributed by atoms with Crippen molar-refractivity contribution in [3.63, 3.8) is 0 Å². The summed E-state index contributed by atoms with van der Waals surface area (Å²) in [5, 5.41) is 14.5. The maximum absolute atomic E-state index is 13.8. The second-order valence-electron chi connectivity index (χ2n) is 9.22. The van der Waals surface area contributed by atoms with Crippen LogP contribution in [0.25, 0.3) is 0 Å². The SMILES string of the molecule is COc1ccc(C2Nc3ccccc3C(=O)N2c2cc(C)cc(C)c2)cc1COc1ccc([N+](=O)[O-])cc1. The van der Waals surface area contributed by atoms with Crippen LogP contribution in [0.3, 0.4) is 0 Å². The Balaban J connectivity index is 1.51. The van der Waals surface area contributed by atoms with Crippen LogP contribution in [-0.4, -0.2) is 17.9 Å². The third kappa shape index (κ3) is 4.88. The Morgan fingerprint density at radius 3 is 2.34 bits per heavy atom. The molecule has 1 aliphatic heterocycles. The first kappa shape index (κ1) is 24.8. The number of fused-ring (bicyclic) bond motifs is 1. The molecule has 1 heterocycles. The van der Waals surface area contributed by atoms with E-state index >= 15 is 0 Å². The Morgan fingerprint density at radius 2 is 1.66 bits per heavy atom. The van der Waals surface area contributed by atoms with Crippen molar-refractivity contribution in [2.45, 2.75) is 26.6 Å². The molecule has 8 heteroatoms. The van der Waals surface area contributed by atoms with Crippen LogP contribution in [0.1, 0.15) is 38.8 Å². The first-order valence-corrected chi connectivity index (χ1v) is 12.2. The van der Waals surface area contributed by atoms with Crippen LogP contribution in [0.2, 0.25) is 0 Å². The molecular formula is C30H27N3O5. The highest BCUT2D eigenvalue weighted by Gasteiger charge is 2.34. The second kappa shape index (κ2) is 10.3. The van der Waals surface area contributed by atoms with E-state index in [0.717, 1.165) is 33.6 Å². The molecule has 1 N–H and O–H groups in total. The molecule has 5 rings (SSSR count). The number of nitro groups is 1. The van der Waals surface area contributed by atoms with Crippen molar-refractivity contribution >= 4 is 23.0 Å². The number of non-ortho nitro benzene ring substituents is 1. The minimum atomic E-state index is -0.470. The number of hydrogen-bond donors (Lipinski definition) is 1. The van der Waals surface area contributed by atoms with Gasteiger partial charge >= 0.3 is 0 Å². The van der Waals surface area contributed by atoms with Gasteiger partial charge in [0.25, 0.3) is 11.6 Å². The molecule has 0 aromatic heterocycles. The summed E-state index contributed by atoms with van der Waals surface area (Å²) in [6, 6.07) is 25.3. The number of nitro benzene ring substituents is 1. The summed E-state index contributed by atoms with van der Waals surface area (Å²) in [4.78, 5) is 26.1. The number of carbonyl (C=O) groups is 1. The predicted octanol–water partition coefficient (Wildman–Crippen LogP) is 6.57. The zero-order valence-corrected chi connectivity index (χ0v) is 21.3. The average molecular weight is 510 g/mol. The molecule has 0 aliphatic carbocycles. The van der Waals surface area contributed by atoms with Gasteiger partial charge in [0.05, 0.1) is 17.6 Å². The molecule has 0 saturated heterocycles. The molecule has 38 heavy (non-hydrogen) atoms. The number of hydrogen-bond acceptors (Lipinski definition) is 6. The second-order valence-corrected chi connectivity index (χ2v) is 9.22. The van der Waals surface area contributed by atoms with Crippen molar-refractivity contribution in [2.24, 2.45) is 0 Å². The van der Waals surface area contributed by atoms with Crippen molar-refractivity contribution in [1.29, 1.82) is 0 Å². The number of amides is 1. The molecule has 0 spiro atoms. The van der Waals surface area contributed by atoms with Crippen LogP contribution in [0, 0.1) is 24.0 Å². The molecule has 8 nitrogen and oxygen atoms in total. The van der Waals surface area contributed by atoms with E-state index in [1.165, 1.54) is 12.1 Å². The largest absolute Gasteiger partial charge is 0.496 e. The highest BCUT2D eigenvalue weighted by molar-refractivity contribution is 6.12. The fourth-order valence-corrected chi connectivity index (χ4v) is 4.75. The van der Waals surface area contributed by atoms with Gasteiger partial charge in [0.1, 0.15) is 24.3 Å². The van der Waals surface area contributed by atoms with E-state index in [0.29, 0.717) is 17.1 Å². The number of carbonyl (C=O) groups excluding carboxylic acids is 1. The van der Waals surface area contributed by atoms with Crippen molar-refractivity contribution < 1.29 is 19.2 Å². The molecule has 0 radical (unpaired) electrons. The highest BCUT2D eigenvalue weighted by Crippen LogP contribution is 2.38. The normalized spacial score (nSPS) is 14.4. The third-order valence-corrected chi connectivity index (χ3v) is 6.47. The minimum absolute atomic E-state index is 0.00303. The molecule has 1 unspecified atom stereocenters. The predicted molar refractivity (Wildman–Crippen MR) is 146 cm³/mol. The number of para-hydroxylation sites is 1. The lowest BCUT2D eigenvalue weighted by atomic mass is 10.00. The number of anilines is 2. The van der Waals surface area contributed by atoms with Gasteiger partial charge in [-0.15, -0.1) is 0 Å². The zero-order chi connectivity index (χ0) is 26.8. The lowest BCUT2D eigenvalue weighted by Gasteiger charge is -2.38. The van der Waals surface area contributed by atoms with Crippen LogP contribution >= 0.6 is 0 Å². The maximum Gasteiger partial charge on any atom is 0.269 e. The fourth-order valence-electron chi connectivity index (χ4n) is 4.75. The standard InChI is InChI=1S/C30H27N3O5/c1-19-14-20(2)16-24(15-19)32-29(31-27-7-5-4-6-26(27)30(32)34)21-8-13-28(37-3)22(17-21)18-38-25-11-9-23(10-12-25)33(35)36/h4-17,29,31H,18H2,1-3H3. The Morgan fingerprint density at radius 1 is 0.947 bits per heavy atom. The fraction of sp³-hybridized carbons (Fsp3) is 0.167. The van der Waals surface area contributed by atoms with Crippen LogP contribution in [0.5, 0.6) is 11.5 Å². The smallest absolute Gasteiger partial charge is 0.269 e. The van der Waals surface area contributed by atoms with Crippen molar-refractivity contribution in [3.05, 3.63) is 123 Å². The number of ether oxygens (including phenoxy) is 2. The number of aryl methyl sites for hydroxylation is 2. The van der Waals surface area contributed by atoms with Gasteiger partial charge in [-0.2, -0.15) is 0 Å². The Hall–Kier alpha value is -4.85. The lowest BCUT2D eigenvalue weighted by Crippen LogP contribution is -2.43. The molecule has 0 bridgehead atoms. The van der Waals surface area contributed by atoms with Crippen LogP contribution < -0.4 is 19.7 Å². The molecular weight excluding hydrogens is 482 g/mol. The number of methoxy groups -OCH3 is 1. The number of rotatable bonds is 7. The highest BCUT2D eigenvalue weighted by atomic mass is 16.6. The molecule has 0 saturated carbocycles. The summed E-state index contributed by atoms with van der Waals surface area (Å²) in [6.45, 7) is 4.21. The zero-order valence-electron chi connectivity index (χ0n) is 21.3. The molecule has 1 amide bonds. The monoisotopic (exact) mass is 509 g/mol. The Kier molecular flexibility index (Phi) is 6.70. The third-order valence-electron chi connectivity index (χ3n) is 6.47. The Labute approximate surface area is 220 Å². The van der Waals surface area contributed by atoms with E-state index in [9.17, 15) is 14.9 Å². The molecule has 0 fully saturated rings. The van der Waals surface area contributed by atoms with E-state index in [1.54, 1.807) is 24.1 Å². The van der Waals surface area contributed by atoms with Gasteiger partial charge in [-0.3, -0.25) is 19.8 Å². The Bertz CT molecular complexity index is 1500. The van der Waals surface area contributed by atoms with Gasteiger partial charge in [-0.05, 0) is 79.1 Å². The van der Waals surface area contributed by atoms with E-state index in [1.807, 2.05) is 68.4 Å². The summed E-state index contributed by atoms with van der Waals surface area (Å²) in [5.41, 5.74) is 5.94. The van der Waals surface area contributed by atoms with Crippen LogP contribution in [0.4, 0.5) is 17.1 Å². The van der Waals surface area contributed by atoms with E-state index in [4.69, 9.17) is 9.47 Å². The summed E-state index contributed by atoms with van der Waals surface area (Å²) in [7, 11) is 1.59. The average Bonchev–Trinajstić information content (AvgIpc) is 2.91.